The van der Waals surface area contributed by atoms with Crippen molar-refractivity contribution in [2.45, 2.75) is 12.1 Å². The second kappa shape index (κ2) is 8.86. The van der Waals surface area contributed by atoms with Crippen LogP contribution in [0.5, 0.6) is 0 Å². The lowest BCUT2D eigenvalue weighted by atomic mass is 9.83. The summed E-state index contributed by atoms with van der Waals surface area (Å²) in [4.78, 5) is 15.0. The normalized spacial score (nSPS) is 24.1. The minimum Gasteiger partial charge on any atom is -0.381 e. The Balaban J connectivity index is 1.47. The zero-order valence-electron chi connectivity index (χ0n) is 16.4. The largest absolute Gasteiger partial charge is 0.381 e. The third-order valence-electron chi connectivity index (χ3n) is 5.99. The molecular weight excluding hydrogens is 350 g/mol. The number of nitrogens with zero attached hydrogens (tertiary/aromatic N) is 1. The van der Waals surface area contributed by atoms with Gasteiger partial charge in [0, 0.05) is 38.0 Å². The first-order chi connectivity index (χ1) is 13.7. The van der Waals surface area contributed by atoms with Crippen molar-refractivity contribution >= 4 is 5.91 Å². The van der Waals surface area contributed by atoms with Gasteiger partial charge in [-0.25, -0.2) is 0 Å². The molecule has 2 atom stereocenters. The van der Waals surface area contributed by atoms with Crippen molar-refractivity contribution in [1.29, 1.82) is 0 Å². The molecule has 148 valence electrons. The molecule has 5 heteroatoms. The minimum absolute atomic E-state index is 0.0902. The molecule has 2 heterocycles. The van der Waals surface area contributed by atoms with E-state index < -0.39 is 0 Å². The van der Waals surface area contributed by atoms with Crippen molar-refractivity contribution in [3.63, 3.8) is 0 Å². The van der Waals surface area contributed by atoms with E-state index in [4.69, 9.17) is 4.74 Å². The van der Waals surface area contributed by atoms with Crippen LogP contribution in [0, 0.1) is 11.8 Å². The highest BCUT2D eigenvalue weighted by atomic mass is 16.5. The number of likely N-dealkylation sites (N-methyl/N-ethyl adjacent to an activating group) is 1. The monoisotopic (exact) mass is 379 g/mol. The fourth-order valence-corrected chi connectivity index (χ4v) is 4.51. The summed E-state index contributed by atoms with van der Waals surface area (Å²) in [5.74, 6) is 0.976. The molecule has 2 saturated heterocycles. The predicted molar refractivity (Wildman–Crippen MR) is 110 cm³/mol. The van der Waals surface area contributed by atoms with Gasteiger partial charge in [0.25, 0.3) is 0 Å². The van der Waals surface area contributed by atoms with Crippen LogP contribution >= 0.6 is 0 Å². The molecule has 0 saturated carbocycles. The third-order valence-corrected chi connectivity index (χ3v) is 5.99. The molecule has 2 unspecified atom stereocenters. The number of hydrogen-bond donors (Lipinski definition) is 2. The molecule has 2 aromatic carbocycles. The fraction of sp³-hybridized carbons (Fsp3) is 0.435. The summed E-state index contributed by atoms with van der Waals surface area (Å²) in [6, 6.07) is 20.7. The van der Waals surface area contributed by atoms with Gasteiger partial charge in [-0.3, -0.25) is 4.79 Å². The second-order valence-corrected chi connectivity index (χ2v) is 7.85. The van der Waals surface area contributed by atoms with Crippen LogP contribution in [0.25, 0.3) is 0 Å². The van der Waals surface area contributed by atoms with Crippen molar-refractivity contribution < 1.29 is 9.53 Å². The lowest BCUT2D eigenvalue weighted by Gasteiger charge is -2.43. The molecule has 28 heavy (non-hydrogen) atoms. The Morgan fingerprint density at radius 2 is 1.57 bits per heavy atom. The van der Waals surface area contributed by atoms with Crippen molar-refractivity contribution in [2.75, 3.05) is 39.9 Å². The first-order valence-corrected chi connectivity index (χ1v) is 10.1. The van der Waals surface area contributed by atoms with Crippen LogP contribution in [-0.2, 0) is 9.53 Å². The lowest BCUT2D eigenvalue weighted by Crippen LogP contribution is -2.60. The van der Waals surface area contributed by atoms with Crippen molar-refractivity contribution in [1.82, 2.24) is 15.5 Å². The van der Waals surface area contributed by atoms with Gasteiger partial charge in [-0.05, 0) is 11.1 Å². The van der Waals surface area contributed by atoms with Gasteiger partial charge >= 0.3 is 0 Å². The Kier molecular flexibility index (Phi) is 6.05. The molecule has 0 spiro atoms. The number of amides is 1. The van der Waals surface area contributed by atoms with E-state index in [1.54, 1.807) is 0 Å². The van der Waals surface area contributed by atoms with Gasteiger partial charge in [0.15, 0.2) is 0 Å². The molecule has 2 aromatic rings. The summed E-state index contributed by atoms with van der Waals surface area (Å²) in [5, 5.41) is 7.02. The number of hydrogen-bond acceptors (Lipinski definition) is 4. The maximum absolute atomic E-state index is 13.1. The van der Waals surface area contributed by atoms with Gasteiger partial charge in [0.05, 0.1) is 25.8 Å². The van der Waals surface area contributed by atoms with Crippen molar-refractivity contribution in [3.8, 4) is 0 Å². The molecule has 2 fully saturated rings. The molecule has 2 aliphatic heterocycles. The summed E-state index contributed by atoms with van der Waals surface area (Å²) in [6.45, 7) is 3.79. The number of nitrogens with one attached hydrogen (secondary N) is 2. The van der Waals surface area contributed by atoms with E-state index in [0.29, 0.717) is 24.4 Å². The van der Waals surface area contributed by atoms with Gasteiger partial charge < -0.3 is 20.3 Å². The van der Waals surface area contributed by atoms with E-state index in [1.165, 1.54) is 0 Å². The maximum atomic E-state index is 13.1. The highest BCUT2D eigenvalue weighted by Gasteiger charge is 2.37. The molecule has 4 rings (SSSR count). The number of carbonyl (C=O) groups is 1. The topological polar surface area (TPSA) is 53.6 Å². The number of benzene rings is 2. The molecule has 1 amide bonds. The zero-order chi connectivity index (χ0) is 19.3. The smallest absolute Gasteiger partial charge is 0.237 e. The molecule has 0 aliphatic carbocycles. The molecular formula is C23H29N3O2. The number of rotatable bonds is 6. The van der Waals surface area contributed by atoms with Crippen LogP contribution in [0.2, 0.25) is 0 Å². The quantitative estimate of drug-likeness (QED) is 0.807. The Bertz CT molecular complexity index is 706. The molecule has 2 N–H and O–H groups in total. The van der Waals surface area contributed by atoms with Gasteiger partial charge in [-0.2, -0.15) is 0 Å². The summed E-state index contributed by atoms with van der Waals surface area (Å²) < 4.78 is 5.70. The van der Waals surface area contributed by atoms with Gasteiger partial charge in [-0.15, -0.1) is 0 Å². The number of ether oxygens (including phenoxy) is 1. The number of carbonyl (C=O) groups excluding carboxylic acids is 1. The SMILES string of the molecule is CN(C(=O)CNC1C2CNCC1COC2)C(c1ccccc1)c1ccccc1. The Morgan fingerprint density at radius 1 is 1.04 bits per heavy atom. The fourth-order valence-electron chi connectivity index (χ4n) is 4.51. The van der Waals surface area contributed by atoms with E-state index in [1.807, 2.05) is 48.3 Å². The van der Waals surface area contributed by atoms with Crippen LogP contribution in [0.4, 0.5) is 0 Å². The van der Waals surface area contributed by atoms with Crippen LogP contribution in [0.3, 0.4) is 0 Å². The average Bonchev–Trinajstić information content (AvgIpc) is 2.73. The predicted octanol–water partition coefficient (Wildman–Crippen LogP) is 2.06. The first-order valence-electron chi connectivity index (χ1n) is 10.1. The van der Waals surface area contributed by atoms with Crippen LogP contribution in [0.1, 0.15) is 17.2 Å². The highest BCUT2D eigenvalue weighted by molar-refractivity contribution is 5.79. The minimum atomic E-state index is -0.0902. The standard InChI is InChI=1S/C23H29N3O2/c1-26(21(27)14-25-22-19-12-24-13-20(22)16-28-15-19)23(17-8-4-2-5-9-17)18-10-6-3-7-11-18/h2-11,19-20,22-25H,12-16H2,1H3. The average molecular weight is 380 g/mol. The molecule has 2 bridgehead atoms. The zero-order valence-corrected chi connectivity index (χ0v) is 16.4. The van der Waals surface area contributed by atoms with Crippen LogP contribution in [0.15, 0.2) is 60.7 Å². The summed E-state index contributed by atoms with van der Waals surface area (Å²) in [7, 11) is 1.90. The summed E-state index contributed by atoms with van der Waals surface area (Å²) in [5.41, 5.74) is 2.24. The number of fused-ring (bicyclic) bond motifs is 2. The van der Waals surface area contributed by atoms with Gasteiger partial charge in [-0.1, -0.05) is 60.7 Å². The van der Waals surface area contributed by atoms with E-state index >= 15 is 0 Å². The van der Waals surface area contributed by atoms with Gasteiger partial charge in [0.2, 0.25) is 5.91 Å². The van der Waals surface area contributed by atoms with Crippen LogP contribution in [-0.4, -0.2) is 56.7 Å². The Hall–Kier alpha value is -2.21. The summed E-state index contributed by atoms with van der Waals surface area (Å²) in [6.07, 6.45) is 0. The molecule has 0 radical (unpaired) electrons. The Labute approximate surface area is 167 Å². The maximum Gasteiger partial charge on any atom is 0.237 e. The third kappa shape index (κ3) is 4.12. The number of piperidine rings is 1. The second-order valence-electron chi connectivity index (χ2n) is 7.85. The van der Waals surface area contributed by atoms with Crippen molar-refractivity contribution in [2.24, 2.45) is 11.8 Å². The first kappa shape index (κ1) is 19.1. The molecule has 0 aromatic heterocycles. The van der Waals surface area contributed by atoms with Crippen LogP contribution < -0.4 is 10.6 Å². The summed E-state index contributed by atoms with van der Waals surface area (Å²) >= 11 is 0. The van der Waals surface area contributed by atoms with E-state index in [9.17, 15) is 4.79 Å². The highest BCUT2D eigenvalue weighted by Crippen LogP contribution is 2.28. The van der Waals surface area contributed by atoms with E-state index in [-0.39, 0.29) is 11.9 Å². The molecule has 5 nitrogen and oxygen atoms in total. The van der Waals surface area contributed by atoms with Gasteiger partial charge in [0.1, 0.15) is 0 Å². The van der Waals surface area contributed by atoms with E-state index in [2.05, 4.69) is 34.9 Å². The Morgan fingerprint density at radius 3 is 2.11 bits per heavy atom. The lowest BCUT2D eigenvalue weighted by molar-refractivity contribution is -0.131. The molecule has 2 aliphatic rings. The van der Waals surface area contributed by atoms with Crippen molar-refractivity contribution in [3.05, 3.63) is 71.8 Å². The van der Waals surface area contributed by atoms with E-state index in [0.717, 1.165) is 37.4 Å².